The van der Waals surface area contributed by atoms with Gasteiger partial charge in [-0.3, -0.25) is 4.79 Å². The van der Waals surface area contributed by atoms with Gasteiger partial charge in [0, 0.05) is 30.7 Å². The van der Waals surface area contributed by atoms with Crippen LogP contribution >= 0.6 is 12.4 Å². The van der Waals surface area contributed by atoms with Gasteiger partial charge in [0.1, 0.15) is 6.61 Å². The molecule has 4 rings (SSSR count). The molecule has 0 aromatic heterocycles. The number of benzene rings is 1. The van der Waals surface area contributed by atoms with E-state index in [0.29, 0.717) is 24.4 Å². The fraction of sp³-hybridized carbons (Fsp3) is 0.500. The zero-order chi connectivity index (χ0) is 15.8. The van der Waals surface area contributed by atoms with Gasteiger partial charge in [0.25, 0.3) is 5.91 Å². The van der Waals surface area contributed by atoms with Crippen LogP contribution in [0.3, 0.4) is 0 Å². The van der Waals surface area contributed by atoms with Crippen LogP contribution < -0.4 is 14.8 Å². The Morgan fingerprint density at radius 2 is 2.12 bits per heavy atom. The molecule has 0 spiro atoms. The highest BCUT2D eigenvalue weighted by Gasteiger charge is 2.32. The van der Waals surface area contributed by atoms with Crippen molar-refractivity contribution in [2.45, 2.75) is 31.3 Å². The fourth-order valence-corrected chi connectivity index (χ4v) is 3.80. The van der Waals surface area contributed by atoms with E-state index in [-0.39, 0.29) is 18.3 Å². The first-order chi connectivity index (χ1) is 11.2. The molecule has 1 amide bonds. The van der Waals surface area contributed by atoms with Crippen molar-refractivity contribution in [2.75, 3.05) is 26.8 Å². The van der Waals surface area contributed by atoms with Gasteiger partial charge in [-0.25, -0.2) is 0 Å². The van der Waals surface area contributed by atoms with E-state index in [4.69, 9.17) is 9.47 Å². The zero-order valence-electron chi connectivity index (χ0n) is 13.8. The molecule has 2 bridgehead atoms. The number of nitrogens with zero attached hydrogens (tertiary/aromatic N) is 1. The summed E-state index contributed by atoms with van der Waals surface area (Å²) in [7, 11) is 1.63. The van der Waals surface area contributed by atoms with Crippen molar-refractivity contribution >= 4 is 24.4 Å². The molecule has 0 aliphatic carbocycles. The van der Waals surface area contributed by atoms with Crippen LogP contribution in [0.2, 0.25) is 0 Å². The number of ether oxygens (including phenoxy) is 2. The fourth-order valence-electron chi connectivity index (χ4n) is 3.80. The number of fused-ring (bicyclic) bond motifs is 3. The number of para-hydroxylation sites is 1. The van der Waals surface area contributed by atoms with Crippen LogP contribution in [0, 0.1) is 0 Å². The molecule has 1 N–H and O–H groups in total. The van der Waals surface area contributed by atoms with Crippen LogP contribution in [-0.2, 0) is 4.79 Å². The van der Waals surface area contributed by atoms with Gasteiger partial charge < -0.3 is 19.7 Å². The molecular formula is C18H23ClN2O3. The Morgan fingerprint density at radius 3 is 2.96 bits per heavy atom. The summed E-state index contributed by atoms with van der Waals surface area (Å²) < 4.78 is 11.1. The minimum absolute atomic E-state index is 0. The van der Waals surface area contributed by atoms with Crippen molar-refractivity contribution in [3.8, 4) is 11.5 Å². The van der Waals surface area contributed by atoms with Gasteiger partial charge in [-0.15, -0.1) is 12.4 Å². The van der Waals surface area contributed by atoms with Crippen molar-refractivity contribution in [3.63, 3.8) is 0 Å². The average molecular weight is 351 g/mol. The first kappa shape index (κ1) is 17.1. The van der Waals surface area contributed by atoms with Gasteiger partial charge >= 0.3 is 0 Å². The maximum Gasteiger partial charge on any atom is 0.253 e. The van der Waals surface area contributed by atoms with Crippen molar-refractivity contribution in [1.82, 2.24) is 10.2 Å². The second-order valence-corrected chi connectivity index (χ2v) is 6.51. The Hall–Kier alpha value is -1.72. The number of nitrogens with one attached hydrogen (secondary N) is 1. The molecular weight excluding hydrogens is 328 g/mol. The van der Waals surface area contributed by atoms with Crippen LogP contribution in [0.15, 0.2) is 23.8 Å². The maximum absolute atomic E-state index is 12.9. The molecule has 6 heteroatoms. The van der Waals surface area contributed by atoms with E-state index in [1.54, 1.807) is 7.11 Å². The molecule has 3 aliphatic rings. The minimum Gasteiger partial charge on any atom is -0.493 e. The first-order valence-corrected chi connectivity index (χ1v) is 8.30. The van der Waals surface area contributed by atoms with Gasteiger partial charge in [-0.2, -0.15) is 0 Å². The van der Waals surface area contributed by atoms with Crippen molar-refractivity contribution in [2.24, 2.45) is 0 Å². The van der Waals surface area contributed by atoms with Crippen molar-refractivity contribution in [3.05, 3.63) is 29.3 Å². The van der Waals surface area contributed by atoms with Crippen LogP contribution in [-0.4, -0.2) is 49.7 Å². The van der Waals surface area contributed by atoms with Crippen LogP contribution in [0.1, 0.15) is 24.8 Å². The number of likely N-dealkylation sites (tertiary alicyclic amines) is 1. The highest BCUT2D eigenvalue weighted by Crippen LogP contribution is 2.36. The van der Waals surface area contributed by atoms with E-state index in [1.807, 2.05) is 29.2 Å². The maximum atomic E-state index is 12.9. The van der Waals surface area contributed by atoms with E-state index in [1.165, 1.54) is 12.8 Å². The van der Waals surface area contributed by atoms with Crippen LogP contribution in [0.4, 0.5) is 0 Å². The van der Waals surface area contributed by atoms with Gasteiger partial charge in [-0.1, -0.05) is 12.1 Å². The molecule has 0 radical (unpaired) electrons. The molecule has 2 unspecified atom stereocenters. The van der Waals surface area contributed by atoms with E-state index < -0.39 is 0 Å². The Kier molecular flexibility index (Phi) is 5.01. The molecule has 130 valence electrons. The number of methoxy groups -OCH3 is 1. The summed E-state index contributed by atoms with van der Waals surface area (Å²) in [6.07, 6.45) is 5.40. The summed E-state index contributed by atoms with van der Waals surface area (Å²) in [5.74, 6) is 1.54. The van der Waals surface area contributed by atoms with Crippen molar-refractivity contribution < 1.29 is 14.3 Å². The lowest BCUT2D eigenvalue weighted by molar-refractivity contribution is -0.127. The number of hydrogen-bond acceptors (Lipinski definition) is 4. The second-order valence-electron chi connectivity index (χ2n) is 6.51. The van der Waals surface area contributed by atoms with E-state index in [2.05, 4.69) is 5.32 Å². The van der Waals surface area contributed by atoms with E-state index in [9.17, 15) is 4.79 Å². The minimum atomic E-state index is 0. The molecule has 2 saturated heterocycles. The summed E-state index contributed by atoms with van der Waals surface area (Å²) in [4.78, 5) is 14.8. The second kappa shape index (κ2) is 7.03. The Bertz CT molecular complexity index is 662. The largest absolute Gasteiger partial charge is 0.493 e. The van der Waals surface area contributed by atoms with Gasteiger partial charge in [0.15, 0.2) is 11.5 Å². The first-order valence-electron chi connectivity index (χ1n) is 8.30. The number of hydrogen-bond donors (Lipinski definition) is 1. The third-order valence-electron chi connectivity index (χ3n) is 5.02. The van der Waals surface area contributed by atoms with Gasteiger partial charge in [0.2, 0.25) is 0 Å². The normalized spacial score (nSPS) is 24.9. The number of carbonyl (C=O) groups excluding carboxylic acids is 1. The van der Waals surface area contributed by atoms with Gasteiger partial charge in [-0.05, 0) is 31.4 Å². The molecule has 5 nitrogen and oxygen atoms in total. The predicted octanol–water partition coefficient (Wildman–Crippen LogP) is 2.25. The van der Waals surface area contributed by atoms with Gasteiger partial charge in [0.05, 0.1) is 12.7 Å². The summed E-state index contributed by atoms with van der Waals surface area (Å²) in [5.41, 5.74) is 1.64. The molecule has 0 saturated carbocycles. The lowest BCUT2D eigenvalue weighted by atomic mass is 10.0. The standard InChI is InChI=1S/C18H22N2O3.ClH/c1-22-16-4-2-3-12-9-13(11-23-17(12)16)18(21)20-8-7-14-5-6-15(10-20)19-14;/h2-4,9,14-15,19H,5-8,10-11H2,1H3;1H. The number of carbonyl (C=O) groups is 1. The molecule has 3 aliphatic heterocycles. The predicted molar refractivity (Wildman–Crippen MR) is 94.9 cm³/mol. The lowest BCUT2D eigenvalue weighted by Gasteiger charge is -2.27. The molecule has 3 heterocycles. The molecule has 2 atom stereocenters. The lowest BCUT2D eigenvalue weighted by Crippen LogP contribution is -2.40. The van der Waals surface area contributed by atoms with Crippen LogP contribution in [0.25, 0.3) is 6.08 Å². The van der Waals surface area contributed by atoms with Crippen molar-refractivity contribution in [1.29, 1.82) is 0 Å². The summed E-state index contributed by atoms with van der Waals surface area (Å²) in [5, 5.41) is 3.61. The monoisotopic (exact) mass is 350 g/mol. The molecule has 2 fully saturated rings. The summed E-state index contributed by atoms with van der Waals surface area (Å²) in [6.45, 7) is 1.94. The molecule has 1 aromatic rings. The highest BCUT2D eigenvalue weighted by atomic mass is 35.5. The SMILES string of the molecule is COc1cccc2c1OCC(C(=O)N1CCC3CCC(C1)N3)=C2.Cl. The van der Waals surface area contributed by atoms with E-state index >= 15 is 0 Å². The topological polar surface area (TPSA) is 50.8 Å². The smallest absolute Gasteiger partial charge is 0.253 e. The molecule has 1 aromatic carbocycles. The Morgan fingerprint density at radius 1 is 1.29 bits per heavy atom. The summed E-state index contributed by atoms with van der Waals surface area (Å²) in [6, 6.07) is 6.77. The average Bonchev–Trinajstić information content (AvgIpc) is 2.92. The highest BCUT2D eigenvalue weighted by molar-refractivity contribution is 5.99. The third-order valence-corrected chi connectivity index (χ3v) is 5.02. The quantitative estimate of drug-likeness (QED) is 0.888. The van der Waals surface area contributed by atoms with E-state index in [0.717, 1.165) is 36.4 Å². The number of amides is 1. The summed E-state index contributed by atoms with van der Waals surface area (Å²) >= 11 is 0. The molecule has 24 heavy (non-hydrogen) atoms. The third kappa shape index (κ3) is 3.10. The number of rotatable bonds is 2. The number of halogens is 1. The Balaban J connectivity index is 0.00000169. The zero-order valence-corrected chi connectivity index (χ0v) is 14.6. The Labute approximate surface area is 148 Å². The van der Waals surface area contributed by atoms with Crippen LogP contribution in [0.5, 0.6) is 11.5 Å².